The van der Waals surface area contributed by atoms with Gasteiger partial charge in [0, 0.05) is 19.3 Å². The lowest BCUT2D eigenvalue weighted by Crippen LogP contribution is -2.30. The maximum absolute atomic E-state index is 13.2. The Kier molecular flexibility index (Phi) is 77.9. The summed E-state index contributed by atoms with van der Waals surface area (Å²) in [6.45, 7) is 4.31. The molecule has 5 atom stereocenters. The molecule has 0 aliphatic carbocycles. The molecule has 0 saturated heterocycles. The van der Waals surface area contributed by atoms with Crippen LogP contribution < -0.4 is 0 Å². The molecule has 3 N–H and O–H groups in total. The molecule has 0 rings (SSSR count). The van der Waals surface area contributed by atoms with Crippen molar-refractivity contribution in [3.8, 4) is 0 Å². The number of unbranched alkanes of at least 4 members (excludes halogenated alkanes) is 18. The van der Waals surface area contributed by atoms with Crippen molar-refractivity contribution in [1.29, 1.82) is 0 Å². The number of aliphatic hydroxyl groups excluding tert-OH is 1. The number of aliphatic hydroxyl groups is 1. The number of ether oxygens (including phenoxy) is 4. The molecule has 632 valence electrons. The quantitative estimate of drug-likeness (QED) is 0.0169. The zero-order chi connectivity index (χ0) is 81.7. The molecule has 112 heavy (non-hydrogen) atoms. The van der Waals surface area contributed by atoms with E-state index >= 15 is 0 Å². The number of carbonyl (C=O) groups is 4. The summed E-state index contributed by atoms with van der Waals surface area (Å²) in [4.78, 5) is 73.2. The van der Waals surface area contributed by atoms with Gasteiger partial charge in [-0.1, -0.05) is 305 Å². The first-order valence-electron chi connectivity index (χ1n) is 42.3. The topological polar surface area (TPSA) is 237 Å². The van der Waals surface area contributed by atoms with Gasteiger partial charge in [0.25, 0.3) is 0 Å². The van der Waals surface area contributed by atoms with Gasteiger partial charge in [0.1, 0.15) is 19.3 Å². The van der Waals surface area contributed by atoms with E-state index < -0.39 is 97.5 Å². The van der Waals surface area contributed by atoms with E-state index in [0.29, 0.717) is 25.7 Å². The van der Waals surface area contributed by atoms with Crippen LogP contribution in [0.1, 0.15) is 297 Å². The third-order valence-corrected chi connectivity index (χ3v) is 18.7. The molecule has 19 heteroatoms. The molecule has 0 spiro atoms. The van der Waals surface area contributed by atoms with E-state index in [1.54, 1.807) is 12.2 Å². The van der Waals surface area contributed by atoms with E-state index in [9.17, 15) is 43.2 Å². The largest absolute Gasteiger partial charge is 0.472 e. The van der Waals surface area contributed by atoms with Crippen molar-refractivity contribution in [3.63, 3.8) is 0 Å². The Bertz CT molecular complexity index is 2940. The second-order valence-corrected chi connectivity index (χ2v) is 30.2. The molecular weight excluding hydrogens is 1450 g/mol. The molecule has 0 aromatic rings. The molecular formula is C93H148O17P2. The van der Waals surface area contributed by atoms with Crippen molar-refractivity contribution in [2.75, 3.05) is 39.6 Å². The van der Waals surface area contributed by atoms with Crippen molar-refractivity contribution >= 4 is 39.5 Å². The van der Waals surface area contributed by atoms with Crippen molar-refractivity contribution < 1.29 is 80.2 Å². The summed E-state index contributed by atoms with van der Waals surface area (Å²) < 4.78 is 68.6. The highest BCUT2D eigenvalue weighted by atomic mass is 31.2. The van der Waals surface area contributed by atoms with Crippen LogP contribution in [-0.4, -0.2) is 96.7 Å². The minimum Gasteiger partial charge on any atom is -0.462 e. The zero-order valence-electron chi connectivity index (χ0n) is 69.3. The minimum absolute atomic E-state index is 0.0655. The fourth-order valence-corrected chi connectivity index (χ4v) is 12.0. The fourth-order valence-electron chi connectivity index (χ4n) is 10.4. The van der Waals surface area contributed by atoms with Crippen LogP contribution in [0.3, 0.4) is 0 Å². The molecule has 0 amide bonds. The average Bonchev–Trinajstić information content (AvgIpc) is 0.898. The van der Waals surface area contributed by atoms with Gasteiger partial charge in [-0.2, -0.15) is 0 Å². The monoisotopic (exact) mass is 1600 g/mol. The number of rotatable bonds is 77. The molecule has 17 nitrogen and oxygen atoms in total. The van der Waals surface area contributed by atoms with Crippen molar-refractivity contribution in [1.82, 2.24) is 0 Å². The summed E-state index contributed by atoms with van der Waals surface area (Å²) in [6, 6.07) is 0. The summed E-state index contributed by atoms with van der Waals surface area (Å²) in [5.74, 6) is -2.41. The highest BCUT2D eigenvalue weighted by Crippen LogP contribution is 2.45. The van der Waals surface area contributed by atoms with Gasteiger partial charge in [-0.15, -0.1) is 0 Å². The van der Waals surface area contributed by atoms with Crippen molar-refractivity contribution in [2.45, 2.75) is 316 Å². The van der Waals surface area contributed by atoms with E-state index in [1.165, 1.54) is 19.3 Å². The summed E-state index contributed by atoms with van der Waals surface area (Å²) in [6.07, 6.45) is 104. The normalized spacial score (nSPS) is 14.8. The molecule has 0 heterocycles. The van der Waals surface area contributed by atoms with E-state index in [2.05, 4.69) is 210 Å². The van der Waals surface area contributed by atoms with Gasteiger partial charge >= 0.3 is 39.5 Å². The van der Waals surface area contributed by atoms with Crippen LogP contribution in [-0.2, 0) is 65.4 Å². The van der Waals surface area contributed by atoms with Gasteiger partial charge in [0.2, 0.25) is 0 Å². The highest BCUT2D eigenvalue weighted by molar-refractivity contribution is 7.47. The Labute approximate surface area is 678 Å². The average molecular weight is 1600 g/mol. The SMILES string of the molecule is CC/C=C\C/C=C\C/C=C\C/C=C\C/C=C\CCCCCC(=O)OCC(COP(=O)(O)OCC(O)COP(=O)(O)OCC(COC(=O)CCCCCCCC/C=C\C/C=C\C/C=C\C/C=C\CC)OC(=O)CCCCCCCC/C=C\C/C=C\C/C=C\CCCCC)OC(=O)C/C=C\C/C=C\C/C=C\C/C=C\C/C=C\CC. The summed E-state index contributed by atoms with van der Waals surface area (Å²) in [5.41, 5.74) is 0. The Morgan fingerprint density at radius 3 is 0.804 bits per heavy atom. The molecule has 0 fully saturated rings. The summed E-state index contributed by atoms with van der Waals surface area (Å²) >= 11 is 0. The summed E-state index contributed by atoms with van der Waals surface area (Å²) in [5, 5.41) is 10.7. The predicted molar refractivity (Wildman–Crippen MR) is 463 cm³/mol. The number of hydrogen-bond donors (Lipinski definition) is 3. The fraction of sp³-hybridized carbons (Fsp3) is 0.591. The van der Waals surface area contributed by atoms with E-state index in [4.69, 9.17) is 37.0 Å². The van der Waals surface area contributed by atoms with Gasteiger partial charge in [-0.3, -0.25) is 37.3 Å². The lowest BCUT2D eigenvalue weighted by atomic mass is 10.1. The van der Waals surface area contributed by atoms with E-state index in [0.717, 1.165) is 199 Å². The highest BCUT2D eigenvalue weighted by Gasteiger charge is 2.30. The first-order valence-corrected chi connectivity index (χ1v) is 45.3. The lowest BCUT2D eigenvalue weighted by Gasteiger charge is -2.21. The second-order valence-electron chi connectivity index (χ2n) is 27.3. The molecule has 0 saturated carbocycles. The molecule has 0 aliphatic heterocycles. The van der Waals surface area contributed by atoms with Gasteiger partial charge in [-0.25, -0.2) is 9.13 Å². The van der Waals surface area contributed by atoms with Crippen LogP contribution in [0.25, 0.3) is 0 Å². The third-order valence-electron chi connectivity index (χ3n) is 16.8. The Morgan fingerprint density at radius 2 is 0.500 bits per heavy atom. The van der Waals surface area contributed by atoms with E-state index in [1.807, 2.05) is 12.2 Å². The van der Waals surface area contributed by atoms with Crippen LogP contribution in [0, 0.1) is 0 Å². The van der Waals surface area contributed by atoms with Crippen LogP contribution >= 0.6 is 15.6 Å². The Hall–Kier alpha value is -6.36. The minimum atomic E-state index is -5.03. The first kappa shape index (κ1) is 106. The second kappa shape index (κ2) is 82.6. The first-order chi connectivity index (χ1) is 54.7. The van der Waals surface area contributed by atoms with Gasteiger partial charge in [0.15, 0.2) is 12.2 Å². The zero-order valence-corrected chi connectivity index (χ0v) is 71.0. The smallest absolute Gasteiger partial charge is 0.462 e. The lowest BCUT2D eigenvalue weighted by molar-refractivity contribution is -0.161. The molecule has 0 radical (unpaired) electrons. The molecule has 5 unspecified atom stereocenters. The maximum Gasteiger partial charge on any atom is 0.472 e. The van der Waals surface area contributed by atoms with Crippen molar-refractivity contribution in [2.24, 2.45) is 0 Å². The van der Waals surface area contributed by atoms with Gasteiger partial charge in [0.05, 0.1) is 32.8 Å². The van der Waals surface area contributed by atoms with Gasteiger partial charge < -0.3 is 33.8 Å². The number of phosphoric ester groups is 2. The molecule has 0 aromatic heterocycles. The molecule has 0 bridgehead atoms. The number of hydrogen-bond acceptors (Lipinski definition) is 15. The van der Waals surface area contributed by atoms with Crippen molar-refractivity contribution in [3.05, 3.63) is 207 Å². The molecule has 0 aliphatic rings. The van der Waals surface area contributed by atoms with Crippen LogP contribution in [0.5, 0.6) is 0 Å². The van der Waals surface area contributed by atoms with Crippen LogP contribution in [0.2, 0.25) is 0 Å². The standard InChI is InChI=1S/C93H148O17P2/c1-5-9-13-17-21-25-29-33-37-40-43-46-50-53-57-61-65-69-73-77-90(95)103-83-88(109-92(97)79-75-71-67-63-59-55-49-36-32-28-24-20-16-12-8-4)85-107-111(99,100)105-81-87(94)82-106-112(101,102)108-86-89(110-93(98)80-76-72-68-64-60-56-52-48-45-42-39-35-31-27-23-19-15-11-7-3)84-104-91(96)78-74-70-66-62-58-54-51-47-44-41-38-34-30-26-22-18-14-10-6-2/h9-10,12-14,16,21-28,33-39,43-49,53,57,59,63,71,75,87-89,94H,5-8,11,15,17-20,29-32,40-42,50-52,54-56,58,60-62,64-70,72-74,76-86H2,1-4H3,(H,99,100)(H,101,102)/b13-9-,14-10-,16-12-,25-21-,26-22-,27-23-,28-24-,37-33-,38-34-,39-35-,46-43-,47-44-,48-45-,49-36-,57-53-,63-59-,75-71-. The predicted octanol–water partition coefficient (Wildman–Crippen LogP) is 25.4. The van der Waals surface area contributed by atoms with Gasteiger partial charge in [-0.05, 0) is 173 Å². The van der Waals surface area contributed by atoms with Crippen LogP contribution in [0.15, 0.2) is 207 Å². The maximum atomic E-state index is 13.2. The third kappa shape index (κ3) is 81.6. The number of carbonyl (C=O) groups excluding carboxylic acids is 4. The number of allylic oxidation sites excluding steroid dienone is 33. The summed E-state index contributed by atoms with van der Waals surface area (Å²) in [7, 11) is -10.0. The van der Waals surface area contributed by atoms with Crippen LogP contribution in [0.4, 0.5) is 0 Å². The Balaban J connectivity index is 5.52. The van der Waals surface area contributed by atoms with E-state index in [-0.39, 0.29) is 25.7 Å². The number of phosphoric acid groups is 2. The molecule has 0 aromatic carbocycles. The number of esters is 4. The Morgan fingerprint density at radius 1 is 0.268 bits per heavy atom.